The molecule has 11 aromatic carbocycles. The number of fused-ring (bicyclic) bond motifs is 17. The van der Waals surface area contributed by atoms with E-state index in [0.717, 1.165) is 115 Å². The molecule has 15 rings (SSSR count). The van der Waals surface area contributed by atoms with Crippen molar-refractivity contribution >= 4 is 109 Å². The van der Waals surface area contributed by atoms with Crippen molar-refractivity contribution in [3.8, 4) is 39.9 Å². The quantitative estimate of drug-likeness (QED) is 0.165. The molecule has 70 heavy (non-hydrogen) atoms. The maximum Gasteiger partial charge on any atom is 0.238 e. The molecule has 0 aliphatic heterocycles. The third-order valence-corrected chi connectivity index (χ3v) is 13.8. The number of nitrogens with zero attached hydrogens (tertiary/aromatic N) is 4. The second-order valence-corrected chi connectivity index (χ2v) is 18.2. The van der Waals surface area contributed by atoms with Crippen molar-refractivity contribution in [1.82, 2.24) is 19.5 Å². The minimum atomic E-state index is 0.516. The van der Waals surface area contributed by atoms with Crippen LogP contribution in [0.1, 0.15) is 20.3 Å². The van der Waals surface area contributed by atoms with Crippen molar-refractivity contribution in [2.75, 3.05) is 0 Å². The molecule has 0 aliphatic rings. The van der Waals surface area contributed by atoms with Gasteiger partial charge in [-0.2, -0.15) is 9.97 Å². The Kier molecular flexibility index (Phi) is 8.98. The zero-order valence-corrected chi connectivity index (χ0v) is 38.4. The standard InChI is InChI=1S/C61H34N4O2.C3H8/c1-2-14-37-32-39(25-24-35(37)12-1)59-62-60(40-27-29-46-45-18-9-10-23-51(45)66-53(46)34-40)64-61(63-59)65-57-42(38-26-30-49-54(33-38)67-52-31-28-36-13-3-4-15-41(36)55(49)52)21-11-22-50(57)56-47-19-7-5-16-43(47)44-17-6-8-20-48(44)58(56)65;1-3-2/h1-34H;3H2,1-2H3. The number of para-hydroxylation sites is 2. The molecule has 0 N–H and O–H groups in total. The molecule has 0 aliphatic carbocycles. The van der Waals surface area contributed by atoms with Gasteiger partial charge >= 0.3 is 0 Å². The van der Waals surface area contributed by atoms with Gasteiger partial charge in [0, 0.05) is 54.4 Å². The van der Waals surface area contributed by atoms with Crippen LogP contribution in [0.15, 0.2) is 215 Å². The molecule has 330 valence electrons. The van der Waals surface area contributed by atoms with Gasteiger partial charge in [-0.3, -0.25) is 4.57 Å². The lowest BCUT2D eigenvalue weighted by Gasteiger charge is -2.14. The number of hydrogen-bond donors (Lipinski definition) is 0. The molecule has 0 fully saturated rings. The van der Waals surface area contributed by atoms with Crippen molar-refractivity contribution in [2.24, 2.45) is 0 Å². The minimum Gasteiger partial charge on any atom is -0.456 e. The van der Waals surface area contributed by atoms with Crippen LogP contribution in [0.3, 0.4) is 0 Å². The van der Waals surface area contributed by atoms with Gasteiger partial charge in [0.15, 0.2) is 11.6 Å². The Bertz CT molecular complexity index is 4610. The topological polar surface area (TPSA) is 69.9 Å². The van der Waals surface area contributed by atoms with Crippen molar-refractivity contribution in [2.45, 2.75) is 20.3 Å². The molecule has 0 spiro atoms. The molecule has 15 aromatic rings. The molecule has 0 amide bonds. The maximum absolute atomic E-state index is 6.69. The van der Waals surface area contributed by atoms with E-state index in [1.165, 1.54) is 22.6 Å². The van der Waals surface area contributed by atoms with Crippen LogP contribution in [-0.4, -0.2) is 19.5 Å². The summed E-state index contributed by atoms with van der Waals surface area (Å²) in [6, 6.07) is 72.7. The molecule has 4 heterocycles. The van der Waals surface area contributed by atoms with Crippen molar-refractivity contribution < 1.29 is 8.83 Å². The lowest BCUT2D eigenvalue weighted by atomic mass is 9.95. The first-order valence-electron chi connectivity index (χ1n) is 24.0. The highest BCUT2D eigenvalue weighted by atomic mass is 16.3. The van der Waals surface area contributed by atoms with E-state index in [4.69, 9.17) is 23.8 Å². The Morgan fingerprint density at radius 2 is 0.886 bits per heavy atom. The summed E-state index contributed by atoms with van der Waals surface area (Å²) in [5.74, 6) is 1.63. The van der Waals surface area contributed by atoms with E-state index in [0.29, 0.717) is 17.6 Å². The van der Waals surface area contributed by atoms with Crippen molar-refractivity contribution in [3.63, 3.8) is 0 Å². The Morgan fingerprint density at radius 3 is 1.70 bits per heavy atom. The van der Waals surface area contributed by atoms with Gasteiger partial charge in [0.1, 0.15) is 22.3 Å². The van der Waals surface area contributed by atoms with E-state index in [2.05, 4.69) is 206 Å². The lowest BCUT2D eigenvalue weighted by Crippen LogP contribution is -2.07. The second-order valence-electron chi connectivity index (χ2n) is 18.2. The van der Waals surface area contributed by atoms with Crippen LogP contribution in [-0.2, 0) is 0 Å². The molecular weight excluding hydrogens is 857 g/mol. The molecule has 4 aromatic heterocycles. The molecule has 6 nitrogen and oxygen atoms in total. The number of hydrogen-bond acceptors (Lipinski definition) is 5. The molecule has 0 unspecified atom stereocenters. The van der Waals surface area contributed by atoms with Gasteiger partial charge in [-0.25, -0.2) is 4.98 Å². The SMILES string of the molecule is CCC.c1ccc2cc(-c3nc(-c4ccc5c(c4)oc4ccccc45)nc(-n4c5c(-c6ccc7c(c6)oc6ccc8ccccc8c67)cccc5c5c6ccccc6c6ccccc6c54)n3)ccc2c1. The molecule has 0 bridgehead atoms. The predicted molar refractivity (Wildman–Crippen MR) is 291 cm³/mol. The van der Waals surface area contributed by atoms with E-state index < -0.39 is 0 Å². The maximum atomic E-state index is 6.69. The van der Waals surface area contributed by atoms with Crippen LogP contribution in [0.4, 0.5) is 0 Å². The summed E-state index contributed by atoms with van der Waals surface area (Å²) >= 11 is 0. The molecular formula is C64H42N4O2. The first kappa shape index (κ1) is 40.0. The van der Waals surface area contributed by atoms with E-state index >= 15 is 0 Å². The van der Waals surface area contributed by atoms with Crippen LogP contribution in [0.2, 0.25) is 0 Å². The fraction of sp³-hybridized carbons (Fsp3) is 0.0469. The van der Waals surface area contributed by atoms with E-state index in [-0.39, 0.29) is 0 Å². The van der Waals surface area contributed by atoms with Crippen LogP contribution in [0.25, 0.3) is 149 Å². The second kappa shape index (κ2) is 15.7. The Morgan fingerprint density at radius 1 is 0.343 bits per heavy atom. The van der Waals surface area contributed by atoms with Gasteiger partial charge < -0.3 is 8.83 Å². The number of rotatable bonds is 4. The van der Waals surface area contributed by atoms with Gasteiger partial charge in [0.2, 0.25) is 5.95 Å². The minimum absolute atomic E-state index is 0.516. The van der Waals surface area contributed by atoms with Crippen molar-refractivity contribution in [3.05, 3.63) is 206 Å². The highest BCUT2D eigenvalue weighted by Gasteiger charge is 2.25. The average molecular weight is 899 g/mol. The smallest absolute Gasteiger partial charge is 0.238 e. The summed E-state index contributed by atoms with van der Waals surface area (Å²) in [7, 11) is 0. The zero-order valence-electron chi connectivity index (χ0n) is 38.4. The molecule has 6 heteroatoms. The highest BCUT2D eigenvalue weighted by Crippen LogP contribution is 2.46. The Balaban J connectivity index is 0.00000150. The molecule has 0 saturated carbocycles. The highest BCUT2D eigenvalue weighted by molar-refractivity contribution is 6.33. The van der Waals surface area contributed by atoms with Crippen LogP contribution >= 0.6 is 0 Å². The van der Waals surface area contributed by atoms with Crippen LogP contribution in [0, 0.1) is 0 Å². The fourth-order valence-corrected chi connectivity index (χ4v) is 10.8. The summed E-state index contributed by atoms with van der Waals surface area (Å²) in [5, 5.41) is 15.8. The van der Waals surface area contributed by atoms with Crippen molar-refractivity contribution in [1.29, 1.82) is 0 Å². The fourth-order valence-electron chi connectivity index (χ4n) is 10.8. The van der Waals surface area contributed by atoms with Gasteiger partial charge in [0.05, 0.1) is 11.0 Å². The predicted octanol–water partition coefficient (Wildman–Crippen LogP) is 17.8. The van der Waals surface area contributed by atoms with Gasteiger partial charge in [-0.1, -0.05) is 184 Å². The third kappa shape index (κ3) is 6.09. The first-order valence-corrected chi connectivity index (χ1v) is 24.0. The summed E-state index contributed by atoms with van der Waals surface area (Å²) < 4.78 is 15.4. The summed E-state index contributed by atoms with van der Waals surface area (Å²) in [6.45, 7) is 4.25. The van der Waals surface area contributed by atoms with Gasteiger partial charge in [0.25, 0.3) is 0 Å². The lowest BCUT2D eigenvalue weighted by molar-refractivity contribution is 0.668. The average Bonchev–Trinajstić information content (AvgIpc) is 4.11. The largest absolute Gasteiger partial charge is 0.456 e. The van der Waals surface area contributed by atoms with Crippen LogP contribution < -0.4 is 0 Å². The summed E-state index contributed by atoms with van der Waals surface area (Å²) in [4.78, 5) is 16.3. The Labute approximate surface area is 401 Å². The number of benzene rings is 11. The van der Waals surface area contributed by atoms with Gasteiger partial charge in [-0.15, -0.1) is 0 Å². The number of aromatic nitrogens is 4. The van der Waals surface area contributed by atoms with E-state index in [9.17, 15) is 0 Å². The zero-order chi connectivity index (χ0) is 46.5. The normalized spacial score (nSPS) is 11.9. The third-order valence-electron chi connectivity index (χ3n) is 13.8. The van der Waals surface area contributed by atoms with E-state index in [1.54, 1.807) is 0 Å². The van der Waals surface area contributed by atoms with E-state index in [1.807, 2.05) is 18.2 Å². The molecule has 0 atom stereocenters. The number of furan rings is 2. The molecule has 0 saturated heterocycles. The molecule has 0 radical (unpaired) electrons. The summed E-state index contributed by atoms with van der Waals surface area (Å²) in [6.07, 6.45) is 1.25. The Hall–Kier alpha value is -9.13. The summed E-state index contributed by atoms with van der Waals surface area (Å²) in [5.41, 5.74) is 9.14. The van der Waals surface area contributed by atoms with Gasteiger partial charge in [-0.05, 0) is 85.7 Å². The monoisotopic (exact) mass is 898 g/mol. The van der Waals surface area contributed by atoms with Crippen LogP contribution in [0.5, 0.6) is 0 Å². The first-order chi connectivity index (χ1) is 34.6.